The Bertz CT molecular complexity index is 572. The number of hydrogen-bond acceptors (Lipinski definition) is 3. The number of carbonyl (C=O) groups is 1. The van der Waals surface area contributed by atoms with E-state index in [1.807, 2.05) is 31.2 Å². The van der Waals surface area contributed by atoms with Crippen LogP contribution in [0.25, 0.3) is 0 Å². The summed E-state index contributed by atoms with van der Waals surface area (Å²) in [4.78, 5) is 16.4. The number of nitrogens with zero attached hydrogens (tertiary/aromatic N) is 1. The first-order valence-electron chi connectivity index (χ1n) is 9.68. The zero-order valence-corrected chi connectivity index (χ0v) is 18.8. The van der Waals surface area contributed by atoms with E-state index in [1.165, 1.54) is 18.4 Å². The van der Waals surface area contributed by atoms with Crippen LogP contribution in [0.3, 0.4) is 0 Å². The molecule has 7 heteroatoms. The summed E-state index contributed by atoms with van der Waals surface area (Å²) in [7, 11) is 0. The summed E-state index contributed by atoms with van der Waals surface area (Å²) in [5.41, 5.74) is 1.22. The largest absolute Gasteiger partial charge is 0.492 e. The van der Waals surface area contributed by atoms with Crippen molar-refractivity contribution in [3.63, 3.8) is 0 Å². The van der Waals surface area contributed by atoms with E-state index in [4.69, 9.17) is 4.74 Å². The van der Waals surface area contributed by atoms with E-state index >= 15 is 0 Å². The molecule has 1 aromatic rings. The molecule has 0 aliphatic heterocycles. The number of ether oxygens (including phenoxy) is 1. The molecule has 1 amide bonds. The van der Waals surface area contributed by atoms with Crippen LogP contribution in [-0.2, 0) is 4.79 Å². The Labute approximate surface area is 179 Å². The Morgan fingerprint density at radius 1 is 1.19 bits per heavy atom. The van der Waals surface area contributed by atoms with Gasteiger partial charge in [-0.05, 0) is 38.8 Å². The second-order valence-electron chi connectivity index (χ2n) is 6.65. The van der Waals surface area contributed by atoms with Gasteiger partial charge < -0.3 is 20.7 Å². The topological polar surface area (TPSA) is 74.8 Å². The molecular formula is C20H33IN4O2. The van der Waals surface area contributed by atoms with Crippen LogP contribution < -0.4 is 20.7 Å². The zero-order valence-electron chi connectivity index (χ0n) is 16.4. The van der Waals surface area contributed by atoms with Crippen molar-refractivity contribution in [3.05, 3.63) is 29.8 Å². The molecule has 0 heterocycles. The number of guanidine groups is 1. The van der Waals surface area contributed by atoms with Crippen LogP contribution in [0.15, 0.2) is 29.3 Å². The molecule has 0 unspecified atom stereocenters. The quantitative estimate of drug-likeness (QED) is 0.216. The third-order valence-corrected chi connectivity index (χ3v) is 4.36. The minimum Gasteiger partial charge on any atom is -0.492 e. The number of aryl methyl sites for hydroxylation is 1. The molecule has 2 rings (SSSR count). The highest BCUT2D eigenvalue weighted by Gasteiger charge is 2.16. The Morgan fingerprint density at radius 2 is 1.89 bits per heavy atom. The van der Waals surface area contributed by atoms with E-state index < -0.39 is 0 Å². The third-order valence-electron chi connectivity index (χ3n) is 4.36. The first-order chi connectivity index (χ1) is 12.7. The van der Waals surface area contributed by atoms with Crippen LogP contribution in [0.5, 0.6) is 5.75 Å². The molecular weight excluding hydrogens is 455 g/mol. The molecule has 1 aliphatic rings. The van der Waals surface area contributed by atoms with Crippen LogP contribution in [0, 0.1) is 6.92 Å². The van der Waals surface area contributed by atoms with Crippen LogP contribution in [0.1, 0.15) is 44.6 Å². The van der Waals surface area contributed by atoms with Crippen molar-refractivity contribution in [2.45, 2.75) is 52.0 Å². The van der Waals surface area contributed by atoms with Crippen LogP contribution in [-0.4, -0.2) is 44.1 Å². The number of hydrogen-bond donors (Lipinski definition) is 3. The number of nitrogens with one attached hydrogen (secondary N) is 3. The summed E-state index contributed by atoms with van der Waals surface area (Å²) in [5.74, 6) is 1.68. The highest BCUT2D eigenvalue weighted by Crippen LogP contribution is 2.17. The van der Waals surface area contributed by atoms with Crippen molar-refractivity contribution in [2.75, 3.05) is 26.2 Å². The lowest BCUT2D eigenvalue weighted by molar-refractivity contribution is -0.121. The predicted octanol–water partition coefficient (Wildman–Crippen LogP) is 3.00. The molecule has 1 fully saturated rings. The van der Waals surface area contributed by atoms with Crippen molar-refractivity contribution < 1.29 is 9.53 Å². The molecule has 0 radical (unpaired) electrons. The molecule has 0 spiro atoms. The normalized spacial score (nSPS) is 14.4. The Kier molecular flexibility index (Phi) is 11.9. The van der Waals surface area contributed by atoms with Crippen molar-refractivity contribution in [1.82, 2.24) is 16.0 Å². The minimum atomic E-state index is 0. The lowest BCUT2D eigenvalue weighted by Crippen LogP contribution is -2.39. The molecule has 152 valence electrons. The smallest absolute Gasteiger partial charge is 0.222 e. The fourth-order valence-electron chi connectivity index (χ4n) is 2.95. The van der Waals surface area contributed by atoms with Gasteiger partial charge in [-0.2, -0.15) is 0 Å². The van der Waals surface area contributed by atoms with Gasteiger partial charge in [0.25, 0.3) is 0 Å². The Hall–Kier alpha value is -1.51. The fraction of sp³-hybridized carbons (Fsp3) is 0.600. The van der Waals surface area contributed by atoms with Gasteiger partial charge in [0.15, 0.2) is 5.96 Å². The number of benzene rings is 1. The molecule has 0 bridgehead atoms. The summed E-state index contributed by atoms with van der Waals surface area (Å²) in [6.07, 6.45) is 5.10. The summed E-state index contributed by atoms with van der Waals surface area (Å²) in [6, 6.07) is 8.38. The van der Waals surface area contributed by atoms with Gasteiger partial charge in [-0.15, -0.1) is 24.0 Å². The van der Waals surface area contributed by atoms with E-state index in [0.29, 0.717) is 38.1 Å². The van der Waals surface area contributed by atoms with Crippen LogP contribution in [0.2, 0.25) is 0 Å². The summed E-state index contributed by atoms with van der Waals surface area (Å²) in [6.45, 7) is 6.53. The second-order valence-corrected chi connectivity index (χ2v) is 6.65. The third kappa shape index (κ3) is 9.83. The van der Waals surface area contributed by atoms with Crippen molar-refractivity contribution in [3.8, 4) is 5.75 Å². The predicted molar refractivity (Wildman–Crippen MR) is 121 cm³/mol. The Morgan fingerprint density at radius 3 is 2.56 bits per heavy atom. The molecule has 0 aromatic heterocycles. The molecule has 0 saturated heterocycles. The minimum absolute atomic E-state index is 0. The van der Waals surface area contributed by atoms with Gasteiger partial charge >= 0.3 is 0 Å². The van der Waals surface area contributed by atoms with Gasteiger partial charge in [-0.3, -0.25) is 9.79 Å². The number of halogens is 1. The monoisotopic (exact) mass is 488 g/mol. The van der Waals surface area contributed by atoms with E-state index in [2.05, 4.69) is 27.9 Å². The van der Waals surface area contributed by atoms with Crippen molar-refractivity contribution in [1.29, 1.82) is 0 Å². The number of amides is 1. The van der Waals surface area contributed by atoms with Gasteiger partial charge in [0.05, 0.1) is 13.1 Å². The SMILES string of the molecule is CCNC(=NCCC(=O)NC1CCCC1)NCCOc1ccc(C)cc1.I. The molecule has 27 heavy (non-hydrogen) atoms. The molecule has 1 aromatic carbocycles. The average Bonchev–Trinajstić information content (AvgIpc) is 3.13. The van der Waals surface area contributed by atoms with E-state index in [1.54, 1.807) is 0 Å². The zero-order chi connectivity index (χ0) is 18.6. The maximum absolute atomic E-state index is 11.9. The lowest BCUT2D eigenvalue weighted by Gasteiger charge is -2.13. The van der Waals surface area contributed by atoms with Gasteiger partial charge in [0.1, 0.15) is 12.4 Å². The Balaban J connectivity index is 0.00000364. The lowest BCUT2D eigenvalue weighted by atomic mass is 10.2. The highest BCUT2D eigenvalue weighted by molar-refractivity contribution is 14.0. The number of rotatable bonds is 9. The summed E-state index contributed by atoms with van der Waals surface area (Å²) in [5, 5.41) is 9.51. The van der Waals surface area contributed by atoms with Gasteiger partial charge in [0.2, 0.25) is 5.91 Å². The van der Waals surface area contributed by atoms with Gasteiger partial charge in [-0.1, -0.05) is 30.5 Å². The van der Waals surface area contributed by atoms with Gasteiger partial charge in [0, 0.05) is 19.0 Å². The second kappa shape index (κ2) is 13.6. The standard InChI is InChI=1S/C20H32N4O2.HI/c1-3-21-20(22-13-12-19(25)24-17-6-4-5-7-17)23-14-15-26-18-10-8-16(2)9-11-18;/h8-11,17H,3-7,12-15H2,1-2H3,(H,24,25)(H2,21,22,23);1H. The van der Waals surface area contributed by atoms with E-state index in [0.717, 1.165) is 25.1 Å². The average molecular weight is 488 g/mol. The molecule has 6 nitrogen and oxygen atoms in total. The highest BCUT2D eigenvalue weighted by atomic mass is 127. The molecule has 0 atom stereocenters. The van der Waals surface area contributed by atoms with Crippen molar-refractivity contribution >= 4 is 35.8 Å². The molecule has 1 saturated carbocycles. The maximum atomic E-state index is 11.9. The summed E-state index contributed by atoms with van der Waals surface area (Å²) < 4.78 is 5.70. The summed E-state index contributed by atoms with van der Waals surface area (Å²) >= 11 is 0. The number of aliphatic imine (C=N–C) groups is 1. The van der Waals surface area contributed by atoms with E-state index in [-0.39, 0.29) is 29.9 Å². The first kappa shape index (κ1) is 23.5. The first-order valence-corrected chi connectivity index (χ1v) is 9.68. The van der Waals surface area contributed by atoms with E-state index in [9.17, 15) is 4.79 Å². The van der Waals surface area contributed by atoms with Gasteiger partial charge in [-0.25, -0.2) is 0 Å². The van der Waals surface area contributed by atoms with Crippen LogP contribution >= 0.6 is 24.0 Å². The van der Waals surface area contributed by atoms with Crippen molar-refractivity contribution in [2.24, 2.45) is 4.99 Å². The number of carbonyl (C=O) groups excluding carboxylic acids is 1. The molecule has 3 N–H and O–H groups in total. The maximum Gasteiger partial charge on any atom is 0.222 e. The molecule has 1 aliphatic carbocycles. The van der Waals surface area contributed by atoms with Crippen LogP contribution in [0.4, 0.5) is 0 Å². The fourth-order valence-corrected chi connectivity index (χ4v) is 2.95.